The molecule has 12 heteroatoms. The number of likely N-dealkylation sites (tertiary alicyclic amines) is 3. The van der Waals surface area contributed by atoms with E-state index in [1.54, 1.807) is 17.0 Å². The van der Waals surface area contributed by atoms with Crippen LogP contribution >= 0.6 is 31.9 Å². The number of hydrogen-bond donors (Lipinski definition) is 3. The molecule has 0 radical (unpaired) electrons. The Hall–Kier alpha value is -2.83. The molecule has 0 spiro atoms. The van der Waals surface area contributed by atoms with Crippen molar-refractivity contribution in [3.8, 4) is 5.75 Å². The van der Waals surface area contributed by atoms with Crippen LogP contribution < -0.4 is 10.6 Å². The van der Waals surface area contributed by atoms with Crippen molar-refractivity contribution in [2.45, 2.75) is 69.6 Å². The lowest BCUT2D eigenvalue weighted by Crippen LogP contribution is -2.57. The van der Waals surface area contributed by atoms with Gasteiger partial charge in [-0.05, 0) is 113 Å². The van der Waals surface area contributed by atoms with Crippen LogP contribution in [0.4, 0.5) is 15.3 Å². The Kier molecular flexibility index (Phi) is 9.68. The molecule has 0 saturated carbocycles. The lowest BCUT2D eigenvalue weighted by atomic mass is 10.00. The van der Waals surface area contributed by atoms with Gasteiger partial charge in [0.05, 0.1) is 8.95 Å². The first-order valence-corrected chi connectivity index (χ1v) is 17.3. The number of nitrogens with zero attached hydrogens (tertiary/aromatic N) is 4. The number of carbonyl (C=O) groups is 3. The van der Waals surface area contributed by atoms with Gasteiger partial charge in [-0.2, -0.15) is 0 Å². The zero-order valence-corrected chi connectivity index (χ0v) is 28.0. The summed E-state index contributed by atoms with van der Waals surface area (Å²) >= 11 is 6.79. The summed E-state index contributed by atoms with van der Waals surface area (Å²) in [6.45, 7) is 5.22. The fourth-order valence-electron chi connectivity index (χ4n) is 7.09. The molecule has 4 heterocycles. The van der Waals surface area contributed by atoms with Gasteiger partial charge >= 0.3 is 12.1 Å². The number of urea groups is 2. The van der Waals surface area contributed by atoms with Crippen LogP contribution in [0.5, 0.6) is 5.75 Å². The molecule has 236 valence electrons. The summed E-state index contributed by atoms with van der Waals surface area (Å²) in [7, 11) is 0. The van der Waals surface area contributed by atoms with Crippen LogP contribution in [0.2, 0.25) is 0 Å². The summed E-state index contributed by atoms with van der Waals surface area (Å²) in [5.41, 5.74) is 2.77. The minimum Gasteiger partial charge on any atom is -0.506 e. The van der Waals surface area contributed by atoms with Crippen LogP contribution in [0, 0.1) is 0 Å². The van der Waals surface area contributed by atoms with Gasteiger partial charge in [0, 0.05) is 56.9 Å². The topological polar surface area (TPSA) is 108 Å². The van der Waals surface area contributed by atoms with Crippen molar-refractivity contribution >= 4 is 55.5 Å². The fraction of sp³-hybridized carbons (Fsp3) is 0.531. The first kappa shape index (κ1) is 31.2. The molecule has 0 unspecified atom stereocenters. The minimum absolute atomic E-state index is 0.0356. The lowest BCUT2D eigenvalue weighted by molar-refractivity contribution is -0.134. The molecule has 10 nitrogen and oxygen atoms in total. The van der Waals surface area contributed by atoms with Gasteiger partial charge in [0.1, 0.15) is 11.8 Å². The molecule has 5 amide bonds. The van der Waals surface area contributed by atoms with Crippen molar-refractivity contribution in [2.75, 3.05) is 44.6 Å². The Bertz CT molecular complexity index is 1360. The van der Waals surface area contributed by atoms with Crippen molar-refractivity contribution in [3.63, 3.8) is 0 Å². The molecule has 44 heavy (non-hydrogen) atoms. The Morgan fingerprint density at radius 1 is 0.909 bits per heavy atom. The Morgan fingerprint density at radius 3 is 2.20 bits per heavy atom. The average molecular weight is 733 g/mol. The van der Waals surface area contributed by atoms with Gasteiger partial charge in [-0.1, -0.05) is 18.2 Å². The Morgan fingerprint density at radius 2 is 1.52 bits per heavy atom. The Labute approximate surface area is 275 Å². The number of nitrogens with one attached hydrogen (secondary N) is 2. The molecule has 4 aliphatic heterocycles. The van der Waals surface area contributed by atoms with Crippen molar-refractivity contribution < 1.29 is 19.5 Å². The van der Waals surface area contributed by atoms with Crippen LogP contribution in [0.15, 0.2) is 45.3 Å². The molecular formula is C32H40Br2N6O4. The number of piperidine rings is 2. The number of benzene rings is 2. The highest BCUT2D eigenvalue weighted by Crippen LogP contribution is 2.34. The van der Waals surface area contributed by atoms with Gasteiger partial charge in [0.2, 0.25) is 5.91 Å². The number of aromatic hydroxyl groups is 1. The number of carbonyl (C=O) groups excluding carboxylic acids is 3. The maximum Gasteiger partial charge on any atom is 0.322 e. The van der Waals surface area contributed by atoms with Crippen LogP contribution in [0.1, 0.15) is 49.7 Å². The Balaban J connectivity index is 1.10. The monoisotopic (exact) mass is 730 g/mol. The van der Waals surface area contributed by atoms with Crippen molar-refractivity contribution in [1.29, 1.82) is 0 Å². The highest BCUT2D eigenvalue weighted by Gasteiger charge is 2.36. The maximum atomic E-state index is 13.9. The quantitative estimate of drug-likeness (QED) is 0.382. The van der Waals surface area contributed by atoms with Crippen molar-refractivity contribution in [2.24, 2.45) is 0 Å². The second-order valence-corrected chi connectivity index (χ2v) is 14.1. The van der Waals surface area contributed by atoms with E-state index >= 15 is 0 Å². The van der Waals surface area contributed by atoms with Crippen LogP contribution in [0.25, 0.3) is 0 Å². The second kappa shape index (κ2) is 13.7. The summed E-state index contributed by atoms with van der Waals surface area (Å²) in [5.74, 6) is 0.0236. The number of phenols is 1. The largest absolute Gasteiger partial charge is 0.506 e. The highest BCUT2D eigenvalue weighted by atomic mass is 79.9. The number of rotatable bonds is 6. The van der Waals surface area contributed by atoms with E-state index in [1.807, 2.05) is 34.1 Å². The van der Waals surface area contributed by atoms with E-state index in [1.165, 1.54) is 12.8 Å². The van der Waals surface area contributed by atoms with Gasteiger partial charge in [0.25, 0.3) is 0 Å². The number of amides is 5. The molecule has 4 aliphatic rings. The predicted molar refractivity (Wildman–Crippen MR) is 176 cm³/mol. The lowest BCUT2D eigenvalue weighted by Gasteiger charge is -2.41. The number of halogens is 2. The molecule has 0 aliphatic carbocycles. The summed E-state index contributed by atoms with van der Waals surface area (Å²) in [5, 5.41) is 16.3. The molecule has 2 aromatic rings. The van der Waals surface area contributed by atoms with E-state index in [4.69, 9.17) is 0 Å². The van der Waals surface area contributed by atoms with Gasteiger partial charge < -0.3 is 35.3 Å². The van der Waals surface area contributed by atoms with E-state index in [0.717, 1.165) is 42.7 Å². The minimum atomic E-state index is -0.740. The molecule has 3 saturated heterocycles. The van der Waals surface area contributed by atoms with Crippen LogP contribution in [-0.4, -0.2) is 100 Å². The third-order valence-corrected chi connectivity index (χ3v) is 10.8. The number of hydrogen-bond acceptors (Lipinski definition) is 5. The van der Waals surface area contributed by atoms with Gasteiger partial charge in [-0.25, -0.2) is 9.59 Å². The van der Waals surface area contributed by atoms with E-state index in [0.29, 0.717) is 67.0 Å². The normalized spacial score (nSPS) is 20.8. The zero-order chi connectivity index (χ0) is 30.8. The van der Waals surface area contributed by atoms with E-state index in [2.05, 4.69) is 47.4 Å². The molecule has 0 bridgehead atoms. The highest BCUT2D eigenvalue weighted by molar-refractivity contribution is 9.11. The summed E-state index contributed by atoms with van der Waals surface area (Å²) in [6, 6.07) is 10.9. The number of fused-ring (bicyclic) bond motifs is 1. The van der Waals surface area contributed by atoms with Gasteiger partial charge in [0.15, 0.2) is 0 Å². The molecule has 3 N–H and O–H groups in total. The molecule has 2 aromatic carbocycles. The molecule has 6 rings (SSSR count). The van der Waals surface area contributed by atoms with Crippen molar-refractivity contribution in [3.05, 3.63) is 56.5 Å². The first-order valence-electron chi connectivity index (χ1n) is 15.7. The SMILES string of the molecule is O=C(N[C@H](Cc1cc(Br)c(O)c(Br)c1)C(=O)N1CCC(N2CCCC2)CC1)N1CCC(N2Cc3ccccc3NC2=O)CC1. The second-order valence-electron chi connectivity index (χ2n) is 12.3. The predicted octanol–water partition coefficient (Wildman–Crippen LogP) is 5.14. The number of anilines is 1. The molecular weight excluding hydrogens is 692 g/mol. The van der Waals surface area contributed by atoms with Gasteiger partial charge in [-0.15, -0.1) is 0 Å². The number of para-hydroxylation sites is 1. The zero-order valence-electron chi connectivity index (χ0n) is 24.8. The first-order chi connectivity index (χ1) is 21.3. The van der Waals surface area contributed by atoms with Crippen LogP contribution in [0.3, 0.4) is 0 Å². The standard InChI is InChI=1S/C32H40Br2N6O4/c33-25-17-21(18-26(34)29(25)41)19-28(30(42)38-13-7-23(8-14-38)37-11-3-4-12-37)36-31(43)39-15-9-24(10-16-39)40-20-22-5-1-2-6-27(22)35-32(40)44/h1-2,5-6,17-18,23-24,28,41H,3-4,7-16,19-20H2,(H,35,44)(H,36,43)/t28-/m1/s1. The third kappa shape index (κ3) is 6.87. The van der Waals surface area contributed by atoms with E-state index < -0.39 is 6.04 Å². The molecule has 3 fully saturated rings. The molecule has 0 aromatic heterocycles. The number of phenolic OH excluding ortho intramolecular Hbond substituents is 1. The summed E-state index contributed by atoms with van der Waals surface area (Å²) in [6.07, 6.45) is 6.04. The summed E-state index contributed by atoms with van der Waals surface area (Å²) < 4.78 is 1.05. The smallest absolute Gasteiger partial charge is 0.322 e. The maximum absolute atomic E-state index is 13.9. The fourth-order valence-corrected chi connectivity index (χ4v) is 8.37. The van der Waals surface area contributed by atoms with Gasteiger partial charge in [-0.3, -0.25) is 4.79 Å². The summed E-state index contributed by atoms with van der Waals surface area (Å²) in [4.78, 5) is 48.5. The third-order valence-electron chi connectivity index (χ3n) is 9.60. The average Bonchev–Trinajstić information content (AvgIpc) is 3.58. The van der Waals surface area contributed by atoms with E-state index in [9.17, 15) is 19.5 Å². The van der Waals surface area contributed by atoms with Crippen molar-refractivity contribution in [1.82, 2.24) is 24.9 Å². The van der Waals surface area contributed by atoms with Crippen LogP contribution in [-0.2, 0) is 17.8 Å². The molecule has 1 atom stereocenters. The van der Waals surface area contributed by atoms with E-state index in [-0.39, 0.29) is 29.8 Å².